The molecule has 0 amide bonds. The topological polar surface area (TPSA) is 100 Å². The second-order valence-electron chi connectivity index (χ2n) is 2.30. The number of hydrogen-bond donors (Lipinski definition) is 1. The van der Waals surface area contributed by atoms with Crippen molar-refractivity contribution in [3.8, 4) is 5.75 Å². The fourth-order valence-corrected chi connectivity index (χ4v) is 0.824. The van der Waals surface area contributed by atoms with Crippen LogP contribution in [0, 0.1) is 0 Å². The third-order valence-corrected chi connectivity index (χ3v) is 1.45. The van der Waals surface area contributed by atoms with Gasteiger partial charge in [0.05, 0.1) is 11.5 Å². The summed E-state index contributed by atoms with van der Waals surface area (Å²) in [5.74, 6) is -3.69. The highest BCUT2D eigenvalue weighted by molar-refractivity contribution is 5.94. The van der Waals surface area contributed by atoms with Crippen molar-refractivity contribution in [2.75, 3.05) is 0 Å². The van der Waals surface area contributed by atoms with E-state index in [1.165, 1.54) is 0 Å². The molecule has 0 unspecified atom stereocenters. The number of carboxylic acids is 2. The van der Waals surface area contributed by atoms with Crippen LogP contribution in [0.25, 0.3) is 0 Å². The second kappa shape index (κ2) is 3.14. The lowest BCUT2D eigenvalue weighted by atomic mass is 10.1. The molecule has 5 heteroatoms. The summed E-state index contributed by atoms with van der Waals surface area (Å²) in [6.07, 6.45) is 0. The molecule has 0 saturated carbocycles. The van der Waals surface area contributed by atoms with Gasteiger partial charge in [-0.1, -0.05) is 17.9 Å². The molecular formula is C8H4O5-2. The summed E-state index contributed by atoms with van der Waals surface area (Å²) in [6, 6.07) is 2.67. The molecule has 0 aromatic heterocycles. The van der Waals surface area contributed by atoms with Crippen LogP contribution in [-0.4, -0.2) is 17.0 Å². The molecule has 0 aliphatic carbocycles. The molecule has 0 atom stereocenters. The number of carbonyl (C=O) groups is 2. The van der Waals surface area contributed by atoms with Crippen molar-refractivity contribution in [1.82, 2.24) is 0 Å². The van der Waals surface area contributed by atoms with E-state index in [1.54, 1.807) is 0 Å². The zero-order valence-corrected chi connectivity index (χ0v) is 6.31. The maximum Gasteiger partial charge on any atom is 0.335 e. The molecule has 0 spiro atoms. The van der Waals surface area contributed by atoms with Crippen LogP contribution < -0.4 is 10.2 Å². The normalized spacial score (nSPS) is 9.54. The summed E-state index contributed by atoms with van der Waals surface area (Å²) >= 11 is 0. The molecular weight excluding hydrogens is 176 g/mol. The molecule has 0 heterocycles. The standard InChI is InChI=1S/C8H6O5/c9-6-2-1-4(7(10)11)3-5(6)8(12)13/h1-3,9H,(H,10,11)(H,12,13)/p-2. The highest BCUT2D eigenvalue weighted by Crippen LogP contribution is 2.14. The van der Waals surface area contributed by atoms with Crippen LogP contribution >= 0.6 is 0 Å². The molecule has 0 aliphatic heterocycles. The van der Waals surface area contributed by atoms with Gasteiger partial charge in [-0.05, 0) is 11.6 Å². The van der Waals surface area contributed by atoms with Gasteiger partial charge in [-0.15, -0.1) is 0 Å². The van der Waals surface area contributed by atoms with E-state index in [9.17, 15) is 19.8 Å². The minimum atomic E-state index is -1.51. The lowest BCUT2D eigenvalue weighted by Crippen LogP contribution is -2.22. The summed E-state index contributed by atoms with van der Waals surface area (Å²) in [5.41, 5.74) is -0.890. The first-order chi connectivity index (χ1) is 6.02. The van der Waals surface area contributed by atoms with Gasteiger partial charge in [-0.3, -0.25) is 0 Å². The van der Waals surface area contributed by atoms with E-state index in [-0.39, 0.29) is 5.56 Å². The van der Waals surface area contributed by atoms with Gasteiger partial charge >= 0.3 is 5.97 Å². The van der Waals surface area contributed by atoms with Crippen molar-refractivity contribution >= 4 is 11.9 Å². The summed E-state index contributed by atoms with van der Waals surface area (Å²) < 4.78 is 0. The Kier molecular flexibility index (Phi) is 2.19. The Bertz CT molecular complexity index is 369. The largest absolute Gasteiger partial charge is 0.872 e. The summed E-state index contributed by atoms with van der Waals surface area (Å²) in [6.45, 7) is 0. The van der Waals surface area contributed by atoms with E-state index in [0.717, 1.165) is 18.2 Å². The number of benzene rings is 1. The summed E-state index contributed by atoms with van der Waals surface area (Å²) in [5, 5.41) is 29.6. The number of hydrogen-bond acceptors (Lipinski definition) is 4. The van der Waals surface area contributed by atoms with Crippen LogP contribution in [0.3, 0.4) is 0 Å². The quantitative estimate of drug-likeness (QED) is 0.617. The Morgan fingerprint density at radius 2 is 1.92 bits per heavy atom. The molecule has 68 valence electrons. The molecule has 0 fully saturated rings. The molecule has 1 N–H and O–H groups in total. The maximum atomic E-state index is 10.8. The number of carbonyl (C=O) groups excluding carboxylic acids is 1. The van der Waals surface area contributed by atoms with Gasteiger partial charge in [0.1, 0.15) is 0 Å². The molecule has 0 saturated heterocycles. The van der Waals surface area contributed by atoms with Crippen molar-refractivity contribution in [3.05, 3.63) is 29.3 Å². The van der Waals surface area contributed by atoms with Gasteiger partial charge in [0.2, 0.25) is 0 Å². The van der Waals surface area contributed by atoms with Crippen LogP contribution in [0.2, 0.25) is 0 Å². The molecule has 0 aliphatic rings. The van der Waals surface area contributed by atoms with Gasteiger partial charge in [-0.2, -0.15) is 0 Å². The fraction of sp³-hybridized carbons (Fsp3) is 0. The smallest absolute Gasteiger partial charge is 0.335 e. The Balaban J connectivity index is 3.27. The number of rotatable bonds is 2. The van der Waals surface area contributed by atoms with E-state index in [1.807, 2.05) is 0 Å². The lowest BCUT2D eigenvalue weighted by molar-refractivity contribution is -0.268. The van der Waals surface area contributed by atoms with Gasteiger partial charge < -0.3 is 20.1 Å². The molecule has 0 radical (unpaired) electrons. The Labute approximate surface area is 72.9 Å². The van der Waals surface area contributed by atoms with Crippen LogP contribution in [-0.2, 0) is 0 Å². The van der Waals surface area contributed by atoms with E-state index < -0.39 is 23.3 Å². The molecule has 1 aromatic carbocycles. The maximum absolute atomic E-state index is 10.8. The Morgan fingerprint density at radius 1 is 1.31 bits per heavy atom. The lowest BCUT2D eigenvalue weighted by Gasteiger charge is -2.11. The second-order valence-corrected chi connectivity index (χ2v) is 2.30. The summed E-state index contributed by atoms with van der Waals surface area (Å²) in [4.78, 5) is 20.7. The first-order valence-electron chi connectivity index (χ1n) is 3.28. The Hall–Kier alpha value is -2.04. The zero-order chi connectivity index (χ0) is 10.0. The van der Waals surface area contributed by atoms with Crippen molar-refractivity contribution in [1.29, 1.82) is 0 Å². The van der Waals surface area contributed by atoms with Crippen molar-refractivity contribution in [2.24, 2.45) is 0 Å². The van der Waals surface area contributed by atoms with Gasteiger partial charge in [0.25, 0.3) is 0 Å². The van der Waals surface area contributed by atoms with E-state index in [4.69, 9.17) is 5.11 Å². The van der Waals surface area contributed by atoms with Gasteiger partial charge in [0.15, 0.2) is 0 Å². The highest BCUT2D eigenvalue weighted by Gasteiger charge is 2.04. The van der Waals surface area contributed by atoms with Crippen molar-refractivity contribution in [2.45, 2.75) is 0 Å². The minimum absolute atomic E-state index is 0.322. The summed E-state index contributed by atoms with van der Waals surface area (Å²) in [7, 11) is 0. The van der Waals surface area contributed by atoms with E-state index in [2.05, 4.69) is 0 Å². The van der Waals surface area contributed by atoms with Crippen LogP contribution in [0.4, 0.5) is 0 Å². The molecule has 5 nitrogen and oxygen atoms in total. The zero-order valence-electron chi connectivity index (χ0n) is 6.31. The number of carboxylic acid groups (broad SMARTS) is 2. The first-order valence-corrected chi connectivity index (χ1v) is 3.28. The van der Waals surface area contributed by atoms with Crippen molar-refractivity contribution < 1.29 is 24.9 Å². The molecule has 1 rings (SSSR count). The van der Waals surface area contributed by atoms with E-state index in [0.29, 0.717) is 0 Å². The number of aromatic carboxylic acids is 2. The highest BCUT2D eigenvalue weighted by atomic mass is 16.4. The van der Waals surface area contributed by atoms with Crippen LogP contribution in [0.5, 0.6) is 5.75 Å². The average Bonchev–Trinajstić information content (AvgIpc) is 2.04. The van der Waals surface area contributed by atoms with E-state index >= 15 is 0 Å². The van der Waals surface area contributed by atoms with Crippen molar-refractivity contribution in [3.63, 3.8) is 0 Å². The first kappa shape index (κ1) is 9.05. The average molecular weight is 180 g/mol. The van der Waals surface area contributed by atoms with Crippen LogP contribution in [0.15, 0.2) is 18.2 Å². The van der Waals surface area contributed by atoms with Gasteiger partial charge in [-0.25, -0.2) is 4.79 Å². The predicted octanol–water partition coefficient (Wildman–Crippen LogP) is -1.18. The molecule has 1 aromatic rings. The van der Waals surface area contributed by atoms with Gasteiger partial charge in [0, 0.05) is 0 Å². The SMILES string of the molecule is O=C([O-])c1ccc([O-])c(C(=O)O)c1. The third kappa shape index (κ3) is 1.76. The van der Waals surface area contributed by atoms with Crippen LogP contribution in [0.1, 0.15) is 20.7 Å². The minimum Gasteiger partial charge on any atom is -0.872 e. The molecule has 13 heavy (non-hydrogen) atoms. The third-order valence-electron chi connectivity index (χ3n) is 1.45. The predicted molar refractivity (Wildman–Crippen MR) is 37.2 cm³/mol. The molecule has 0 bridgehead atoms. The fourth-order valence-electron chi connectivity index (χ4n) is 0.824. The Morgan fingerprint density at radius 3 is 2.38 bits per heavy atom. The monoisotopic (exact) mass is 180 g/mol.